The number of benzene rings is 4. The van der Waals surface area contributed by atoms with Gasteiger partial charge in [-0.3, -0.25) is 5.32 Å². The Morgan fingerprint density at radius 2 is 0.884 bits per heavy atom. The van der Waals surface area contributed by atoms with Gasteiger partial charge in [0, 0.05) is 54.2 Å². The van der Waals surface area contributed by atoms with Gasteiger partial charge in [0.25, 0.3) is 0 Å². The molecule has 4 unspecified atom stereocenters. The van der Waals surface area contributed by atoms with Crippen LogP contribution < -0.4 is 16.3 Å². The van der Waals surface area contributed by atoms with Crippen molar-refractivity contribution in [3.63, 3.8) is 0 Å². The monoisotopic (exact) mass is 562 g/mol. The number of hydrogen-bond acceptors (Lipinski definition) is 7. The van der Waals surface area contributed by atoms with Crippen LogP contribution in [-0.4, -0.2) is 40.1 Å². The standard InChI is InChI=1S/C35H30N8/c1-41-30-22-14-6-8-16-24(22)32(41)39-34-26-18-10-11-19-27(26)35(43(34)3)40-33-25-17-9-7-15-23(25)31(42(33)2)38-29-21-13-5-4-12-20(21)28(36-29)37-30/h4-19,28-29,32-33,36H,1-3H3. The number of aliphatic imine (C=N–C) groups is 2. The number of nitrogens with zero attached hydrogens (tertiary/aromatic N) is 7. The molecule has 9 rings (SSSR count). The van der Waals surface area contributed by atoms with E-state index >= 15 is 0 Å². The molecule has 0 saturated heterocycles. The van der Waals surface area contributed by atoms with Crippen molar-refractivity contribution >= 4 is 22.4 Å². The van der Waals surface area contributed by atoms with E-state index in [2.05, 4.69) is 138 Å². The fourth-order valence-corrected chi connectivity index (χ4v) is 7.19. The SMILES string of the molecule is CN1C2=NC3NC(N=C4c5ccccc5C(N=c5c6ccccc6c(n5C)=NC1c1ccccc12)N4C)c1ccccc13. The summed E-state index contributed by atoms with van der Waals surface area (Å²) in [4.78, 5) is 26.1. The van der Waals surface area contributed by atoms with Crippen LogP contribution in [0.25, 0.3) is 10.8 Å². The van der Waals surface area contributed by atoms with Crippen molar-refractivity contribution in [3.05, 3.63) is 141 Å². The quantitative estimate of drug-likeness (QED) is 0.302. The van der Waals surface area contributed by atoms with E-state index in [1.807, 2.05) is 0 Å². The average molecular weight is 563 g/mol. The first-order valence-electron chi connectivity index (χ1n) is 14.7. The predicted molar refractivity (Wildman–Crippen MR) is 167 cm³/mol. The van der Waals surface area contributed by atoms with Gasteiger partial charge in [0.1, 0.15) is 35.0 Å². The predicted octanol–water partition coefficient (Wildman–Crippen LogP) is 4.51. The summed E-state index contributed by atoms with van der Waals surface area (Å²) < 4.78 is 2.15. The van der Waals surface area contributed by atoms with E-state index in [9.17, 15) is 0 Å². The lowest BCUT2D eigenvalue weighted by Crippen LogP contribution is -2.31. The lowest BCUT2D eigenvalue weighted by atomic mass is 10.1. The molecule has 0 spiro atoms. The number of nitrogens with one attached hydrogen (secondary N) is 1. The maximum absolute atomic E-state index is 5.45. The lowest BCUT2D eigenvalue weighted by Gasteiger charge is -2.22. The summed E-state index contributed by atoms with van der Waals surface area (Å²) in [6.07, 6.45) is -0.931. The van der Waals surface area contributed by atoms with Crippen LogP contribution in [0.1, 0.15) is 58.0 Å². The Bertz CT molecular complexity index is 2010. The number of amidine groups is 2. The van der Waals surface area contributed by atoms with Gasteiger partial charge >= 0.3 is 0 Å². The number of aromatic nitrogens is 1. The van der Waals surface area contributed by atoms with Crippen LogP contribution in [0, 0.1) is 0 Å². The summed E-state index contributed by atoms with van der Waals surface area (Å²) in [5.41, 5.74) is 8.60. The zero-order valence-electron chi connectivity index (χ0n) is 24.2. The molecule has 4 aromatic carbocycles. The molecule has 43 heavy (non-hydrogen) atoms. The zero-order chi connectivity index (χ0) is 28.8. The van der Waals surface area contributed by atoms with Crippen molar-refractivity contribution in [2.24, 2.45) is 27.0 Å². The Labute approximate surface area is 249 Å². The minimum atomic E-state index is -0.243. The molecule has 0 amide bonds. The van der Waals surface area contributed by atoms with Gasteiger partial charge in [0.2, 0.25) is 0 Å². The molecule has 210 valence electrons. The average Bonchev–Trinajstić information content (AvgIpc) is 3.69. The summed E-state index contributed by atoms with van der Waals surface area (Å²) in [5, 5.41) is 5.92. The van der Waals surface area contributed by atoms with Gasteiger partial charge in [-0.1, -0.05) is 97.1 Å². The maximum Gasteiger partial charge on any atom is 0.151 e. The fourth-order valence-electron chi connectivity index (χ4n) is 7.19. The molecule has 0 aliphatic carbocycles. The van der Waals surface area contributed by atoms with Crippen molar-refractivity contribution in [2.75, 3.05) is 14.1 Å². The van der Waals surface area contributed by atoms with Gasteiger partial charge in [-0.05, 0) is 11.1 Å². The summed E-state index contributed by atoms with van der Waals surface area (Å²) in [5.74, 6) is 1.84. The molecule has 1 aromatic heterocycles. The molecule has 8 nitrogen and oxygen atoms in total. The maximum atomic E-state index is 5.45. The Kier molecular flexibility index (Phi) is 5.11. The van der Waals surface area contributed by atoms with Gasteiger partial charge in [-0.2, -0.15) is 0 Å². The van der Waals surface area contributed by atoms with Crippen LogP contribution in [0.2, 0.25) is 0 Å². The van der Waals surface area contributed by atoms with Gasteiger partial charge in [0.15, 0.2) is 12.3 Å². The second-order valence-corrected chi connectivity index (χ2v) is 11.7. The van der Waals surface area contributed by atoms with Crippen LogP contribution in [0.15, 0.2) is 117 Å². The van der Waals surface area contributed by atoms with E-state index in [0.29, 0.717) is 0 Å². The second-order valence-electron chi connectivity index (χ2n) is 11.7. The first-order valence-corrected chi connectivity index (χ1v) is 14.7. The Balaban J connectivity index is 1.39. The largest absolute Gasteiger partial charge is 0.334 e. The second kappa shape index (κ2) is 8.96. The molecule has 1 N–H and O–H groups in total. The summed E-state index contributed by atoms with van der Waals surface area (Å²) in [6, 6.07) is 33.9. The van der Waals surface area contributed by atoms with Gasteiger partial charge in [0.05, 0.1) is 0 Å². The fraction of sp³-hybridized carbons (Fsp3) is 0.200. The van der Waals surface area contributed by atoms with Gasteiger partial charge < -0.3 is 14.4 Å². The van der Waals surface area contributed by atoms with Crippen molar-refractivity contribution in [1.82, 2.24) is 19.7 Å². The van der Waals surface area contributed by atoms with E-state index in [1.54, 1.807) is 0 Å². The molecule has 4 aliphatic rings. The molecule has 0 saturated carbocycles. The third kappa shape index (κ3) is 3.41. The first-order chi connectivity index (χ1) is 21.1. The third-order valence-corrected chi connectivity index (χ3v) is 9.30. The molecule has 4 aliphatic heterocycles. The van der Waals surface area contributed by atoms with Crippen molar-refractivity contribution in [1.29, 1.82) is 0 Å². The van der Waals surface area contributed by atoms with E-state index in [0.717, 1.165) is 66.8 Å². The topological polar surface area (TPSA) is 72.9 Å². The zero-order valence-corrected chi connectivity index (χ0v) is 24.2. The van der Waals surface area contributed by atoms with Gasteiger partial charge in [-0.25, -0.2) is 20.0 Å². The Hall–Kier alpha value is -5.08. The highest BCUT2D eigenvalue weighted by Gasteiger charge is 2.38. The van der Waals surface area contributed by atoms with E-state index in [-0.39, 0.29) is 24.7 Å². The molecule has 5 aromatic rings. The molecule has 8 heteroatoms. The first kappa shape index (κ1) is 24.5. The molecule has 4 atom stereocenters. The van der Waals surface area contributed by atoms with Crippen molar-refractivity contribution in [3.8, 4) is 0 Å². The molecular weight excluding hydrogens is 532 g/mol. The minimum Gasteiger partial charge on any atom is -0.334 e. The Morgan fingerprint density at radius 1 is 0.488 bits per heavy atom. The van der Waals surface area contributed by atoms with Crippen LogP contribution >= 0.6 is 0 Å². The van der Waals surface area contributed by atoms with Crippen LogP contribution in [0.3, 0.4) is 0 Å². The highest BCUT2D eigenvalue weighted by molar-refractivity contribution is 6.04. The smallest absolute Gasteiger partial charge is 0.151 e. The normalized spacial score (nSPS) is 23.2. The molecule has 0 radical (unpaired) electrons. The molecular formula is C35H30N8. The summed E-state index contributed by atoms with van der Waals surface area (Å²) in [7, 11) is 6.27. The van der Waals surface area contributed by atoms with Crippen LogP contribution in [-0.2, 0) is 7.05 Å². The van der Waals surface area contributed by atoms with Crippen LogP contribution in [0.4, 0.5) is 0 Å². The molecule has 8 bridgehead atoms. The molecule has 5 heterocycles. The third-order valence-electron chi connectivity index (χ3n) is 9.30. The lowest BCUT2D eigenvalue weighted by molar-refractivity contribution is 0.384. The van der Waals surface area contributed by atoms with Crippen molar-refractivity contribution < 1.29 is 0 Å². The van der Waals surface area contributed by atoms with E-state index in [1.165, 1.54) is 0 Å². The van der Waals surface area contributed by atoms with E-state index in [4.69, 9.17) is 20.0 Å². The van der Waals surface area contributed by atoms with Gasteiger partial charge in [-0.15, -0.1) is 0 Å². The molecule has 0 fully saturated rings. The number of hydrogen-bond donors (Lipinski definition) is 1. The van der Waals surface area contributed by atoms with Crippen molar-refractivity contribution in [2.45, 2.75) is 24.7 Å². The highest BCUT2D eigenvalue weighted by atomic mass is 15.3. The summed E-state index contributed by atoms with van der Waals surface area (Å²) in [6.45, 7) is 0. The summed E-state index contributed by atoms with van der Waals surface area (Å²) >= 11 is 0. The highest BCUT2D eigenvalue weighted by Crippen LogP contribution is 2.41. The number of fused-ring (bicyclic) bond motifs is 20. The minimum absolute atomic E-state index is 0.223. The van der Waals surface area contributed by atoms with Crippen LogP contribution in [0.5, 0.6) is 0 Å². The van der Waals surface area contributed by atoms with E-state index < -0.39 is 0 Å². The number of rotatable bonds is 0. The Morgan fingerprint density at radius 3 is 1.35 bits per heavy atom.